The molecule has 16 heavy (non-hydrogen) atoms. The molecule has 0 unspecified atom stereocenters. The van der Waals surface area contributed by atoms with Gasteiger partial charge in [0.15, 0.2) is 11.5 Å². The predicted octanol–water partition coefficient (Wildman–Crippen LogP) is -0.200. The lowest BCUT2D eigenvalue weighted by Gasteiger charge is -2.00. The van der Waals surface area contributed by atoms with Crippen LogP contribution in [0.4, 0.5) is 5.82 Å². The van der Waals surface area contributed by atoms with E-state index in [4.69, 9.17) is 5.73 Å². The summed E-state index contributed by atoms with van der Waals surface area (Å²) in [6.45, 7) is 1.85. The highest BCUT2D eigenvalue weighted by atomic mass is 15.3. The van der Waals surface area contributed by atoms with Crippen LogP contribution in [-0.2, 0) is 0 Å². The minimum absolute atomic E-state index is 0.378. The van der Waals surface area contributed by atoms with Crippen LogP contribution in [0.2, 0.25) is 0 Å². The molecule has 0 saturated carbocycles. The van der Waals surface area contributed by atoms with Crippen LogP contribution in [0.3, 0.4) is 0 Å². The highest BCUT2D eigenvalue weighted by Crippen LogP contribution is 2.17. The number of nitrogens with one attached hydrogen (secondary N) is 1. The molecule has 0 radical (unpaired) electrons. The Labute approximate surface area is 89.5 Å². The monoisotopic (exact) mass is 216 g/mol. The number of aryl methyl sites for hydroxylation is 1. The van der Waals surface area contributed by atoms with Crippen molar-refractivity contribution in [2.75, 3.05) is 5.73 Å². The molecule has 0 fully saturated rings. The van der Waals surface area contributed by atoms with Crippen molar-refractivity contribution in [3.63, 3.8) is 0 Å². The number of fused-ring (bicyclic) bond motifs is 1. The van der Waals surface area contributed by atoms with E-state index in [-0.39, 0.29) is 0 Å². The van der Waals surface area contributed by atoms with Gasteiger partial charge in [-0.05, 0) is 6.92 Å². The summed E-state index contributed by atoms with van der Waals surface area (Å²) in [7, 11) is 0. The van der Waals surface area contributed by atoms with Gasteiger partial charge >= 0.3 is 0 Å². The molecule has 0 saturated heterocycles. The number of aromatic amines is 1. The van der Waals surface area contributed by atoms with Crippen LogP contribution in [0.25, 0.3) is 17.0 Å². The van der Waals surface area contributed by atoms with Gasteiger partial charge in [-0.25, -0.2) is 14.5 Å². The number of anilines is 1. The lowest BCUT2D eigenvalue weighted by atomic mass is 10.4. The summed E-state index contributed by atoms with van der Waals surface area (Å²) < 4.78 is 1.58. The van der Waals surface area contributed by atoms with E-state index >= 15 is 0 Å². The van der Waals surface area contributed by atoms with E-state index in [1.54, 1.807) is 17.0 Å². The first-order chi connectivity index (χ1) is 7.75. The molecule has 3 aromatic rings. The molecule has 0 bridgehead atoms. The van der Waals surface area contributed by atoms with Gasteiger partial charge in [-0.2, -0.15) is 0 Å². The van der Waals surface area contributed by atoms with Crippen LogP contribution >= 0.6 is 0 Å². The molecule has 0 aliphatic rings. The van der Waals surface area contributed by atoms with Gasteiger partial charge in [0.05, 0.1) is 11.9 Å². The van der Waals surface area contributed by atoms with Crippen molar-refractivity contribution >= 4 is 11.3 Å². The molecular formula is C8H8N8. The minimum atomic E-state index is 0.378. The maximum atomic E-state index is 5.84. The van der Waals surface area contributed by atoms with Gasteiger partial charge in [-0.1, -0.05) is 5.21 Å². The van der Waals surface area contributed by atoms with E-state index in [2.05, 4.69) is 30.5 Å². The molecule has 80 valence electrons. The number of imidazole rings is 1. The number of aromatic nitrogens is 7. The van der Waals surface area contributed by atoms with Crippen molar-refractivity contribution in [2.24, 2.45) is 0 Å². The Balaban J connectivity index is 2.30. The first-order valence-corrected chi connectivity index (χ1v) is 4.60. The molecule has 0 atom stereocenters. The molecule has 0 aliphatic heterocycles. The number of H-pyrrole nitrogens is 1. The SMILES string of the molecule is Cc1ncn2nc(-c3c[nH]nn3)nc(N)c12. The Hall–Kier alpha value is -2.51. The summed E-state index contributed by atoms with van der Waals surface area (Å²) in [4.78, 5) is 8.28. The van der Waals surface area contributed by atoms with Crippen molar-refractivity contribution in [1.29, 1.82) is 0 Å². The van der Waals surface area contributed by atoms with Gasteiger partial charge in [-0.3, -0.25) is 5.10 Å². The van der Waals surface area contributed by atoms with Crippen LogP contribution in [0, 0.1) is 6.92 Å². The minimum Gasteiger partial charge on any atom is -0.382 e. The van der Waals surface area contributed by atoms with Crippen molar-refractivity contribution in [3.8, 4) is 11.5 Å². The second kappa shape index (κ2) is 2.99. The average molecular weight is 216 g/mol. The molecule has 3 heterocycles. The number of nitrogens with zero attached hydrogens (tertiary/aromatic N) is 6. The predicted molar refractivity (Wildman–Crippen MR) is 55.3 cm³/mol. The molecular weight excluding hydrogens is 208 g/mol. The largest absolute Gasteiger partial charge is 0.382 e. The number of hydrogen-bond acceptors (Lipinski definition) is 6. The maximum Gasteiger partial charge on any atom is 0.204 e. The van der Waals surface area contributed by atoms with Crippen LogP contribution < -0.4 is 5.73 Å². The lowest BCUT2D eigenvalue weighted by Crippen LogP contribution is -2.03. The number of rotatable bonds is 1. The smallest absolute Gasteiger partial charge is 0.204 e. The fourth-order valence-electron chi connectivity index (χ4n) is 1.52. The molecule has 3 aromatic heterocycles. The van der Waals surface area contributed by atoms with Crippen LogP contribution in [0.1, 0.15) is 5.69 Å². The van der Waals surface area contributed by atoms with Crippen molar-refractivity contribution in [3.05, 3.63) is 18.2 Å². The lowest BCUT2D eigenvalue weighted by molar-refractivity contribution is 0.891. The Morgan fingerprint density at radius 2 is 2.31 bits per heavy atom. The summed E-state index contributed by atoms with van der Waals surface area (Å²) in [6.07, 6.45) is 3.19. The van der Waals surface area contributed by atoms with E-state index in [0.717, 1.165) is 5.69 Å². The molecule has 8 heteroatoms. The molecule has 3 N–H and O–H groups in total. The highest BCUT2D eigenvalue weighted by molar-refractivity contribution is 5.69. The fraction of sp³-hybridized carbons (Fsp3) is 0.125. The summed E-state index contributed by atoms with van der Waals surface area (Å²) >= 11 is 0. The van der Waals surface area contributed by atoms with E-state index in [9.17, 15) is 0 Å². The zero-order valence-electron chi connectivity index (χ0n) is 8.42. The third kappa shape index (κ3) is 1.13. The Morgan fingerprint density at radius 1 is 1.44 bits per heavy atom. The summed E-state index contributed by atoms with van der Waals surface area (Å²) in [5.41, 5.74) is 7.89. The van der Waals surface area contributed by atoms with Gasteiger partial charge in [0.1, 0.15) is 11.8 Å². The van der Waals surface area contributed by atoms with Gasteiger partial charge in [0, 0.05) is 0 Å². The normalized spacial score (nSPS) is 11.1. The molecule has 0 aromatic carbocycles. The Morgan fingerprint density at radius 3 is 3.06 bits per heavy atom. The molecule has 0 amide bonds. The van der Waals surface area contributed by atoms with Gasteiger partial charge < -0.3 is 5.73 Å². The van der Waals surface area contributed by atoms with Gasteiger partial charge in [-0.15, -0.1) is 10.2 Å². The standard InChI is InChI=1S/C8H8N8/c1-4-6-7(9)12-8(5-2-11-15-13-5)14-16(6)3-10-4/h2-3H,1H3,(H2,9,12,14)(H,11,13,15). The van der Waals surface area contributed by atoms with Crippen LogP contribution in [0.5, 0.6) is 0 Å². The molecule has 8 nitrogen and oxygen atoms in total. The number of hydrogen-bond donors (Lipinski definition) is 2. The van der Waals surface area contributed by atoms with Crippen molar-refractivity contribution < 1.29 is 0 Å². The summed E-state index contributed by atoms with van der Waals surface area (Å²) in [5.74, 6) is 0.791. The number of nitrogen functional groups attached to an aromatic ring is 1. The summed E-state index contributed by atoms with van der Waals surface area (Å²) in [6, 6.07) is 0. The zero-order valence-corrected chi connectivity index (χ0v) is 8.42. The van der Waals surface area contributed by atoms with Crippen LogP contribution in [0.15, 0.2) is 12.5 Å². The van der Waals surface area contributed by atoms with E-state index in [0.29, 0.717) is 22.9 Å². The third-order valence-electron chi connectivity index (χ3n) is 2.25. The maximum absolute atomic E-state index is 5.84. The second-order valence-electron chi connectivity index (χ2n) is 3.30. The van der Waals surface area contributed by atoms with Gasteiger partial charge in [0.2, 0.25) is 5.82 Å². The topological polar surface area (TPSA) is 111 Å². The summed E-state index contributed by atoms with van der Waals surface area (Å²) in [5, 5.41) is 14.2. The second-order valence-corrected chi connectivity index (χ2v) is 3.30. The van der Waals surface area contributed by atoms with E-state index in [1.165, 1.54) is 0 Å². The van der Waals surface area contributed by atoms with Crippen LogP contribution in [-0.4, -0.2) is 35.0 Å². The quantitative estimate of drug-likeness (QED) is 0.582. The van der Waals surface area contributed by atoms with Crippen molar-refractivity contribution in [1.82, 2.24) is 35.0 Å². The van der Waals surface area contributed by atoms with E-state index < -0.39 is 0 Å². The zero-order chi connectivity index (χ0) is 11.1. The average Bonchev–Trinajstić information content (AvgIpc) is 2.87. The Kier molecular flexibility index (Phi) is 1.64. The van der Waals surface area contributed by atoms with E-state index in [1.807, 2.05) is 6.92 Å². The fourth-order valence-corrected chi connectivity index (χ4v) is 1.52. The Bertz CT molecular complexity index is 637. The molecule has 3 rings (SSSR count). The number of nitrogens with two attached hydrogens (primary N) is 1. The first-order valence-electron chi connectivity index (χ1n) is 4.60. The third-order valence-corrected chi connectivity index (χ3v) is 2.25. The molecule has 0 spiro atoms. The highest BCUT2D eigenvalue weighted by Gasteiger charge is 2.11. The van der Waals surface area contributed by atoms with Gasteiger partial charge in [0.25, 0.3) is 0 Å². The molecule has 0 aliphatic carbocycles. The van der Waals surface area contributed by atoms with Crippen molar-refractivity contribution in [2.45, 2.75) is 6.92 Å². The first kappa shape index (κ1) is 8.77.